The summed E-state index contributed by atoms with van der Waals surface area (Å²) in [7, 11) is 0. The molecule has 0 unspecified atom stereocenters. The van der Waals surface area contributed by atoms with Crippen LogP contribution in [0.2, 0.25) is 0 Å². The van der Waals surface area contributed by atoms with Crippen LogP contribution in [0.4, 0.5) is 5.69 Å². The molecule has 0 fully saturated rings. The molecule has 8 heteroatoms. The smallest absolute Gasteiger partial charge is 0.261 e. The topological polar surface area (TPSA) is 87.9 Å². The summed E-state index contributed by atoms with van der Waals surface area (Å²) in [6.07, 6.45) is 2.98. The Hall–Kier alpha value is -3.03. The summed E-state index contributed by atoms with van der Waals surface area (Å²) in [6, 6.07) is 12.9. The molecule has 0 atom stereocenters. The molecule has 3 aromatic rings. The minimum Gasteiger partial charge on any atom is -0.511 e. The fourth-order valence-electron chi connectivity index (χ4n) is 3.47. The number of aromatic nitrogens is 2. The number of halogens is 1. The van der Waals surface area contributed by atoms with Gasteiger partial charge in [0.1, 0.15) is 35.0 Å². The molecule has 4 rings (SSSR count). The molecule has 1 aromatic carbocycles. The van der Waals surface area contributed by atoms with Crippen molar-refractivity contribution < 1.29 is 14.6 Å². The second-order valence-electron chi connectivity index (χ2n) is 6.84. The Morgan fingerprint density at radius 1 is 1.20 bits per heavy atom. The van der Waals surface area contributed by atoms with Crippen molar-refractivity contribution >= 4 is 35.2 Å². The third-order valence-electron chi connectivity index (χ3n) is 4.89. The first-order valence-electron chi connectivity index (χ1n) is 9.80. The van der Waals surface area contributed by atoms with E-state index in [0.29, 0.717) is 30.8 Å². The van der Waals surface area contributed by atoms with E-state index < -0.39 is 0 Å². The normalized spacial score (nSPS) is 13.0. The van der Waals surface area contributed by atoms with Gasteiger partial charge in [-0.05, 0) is 49.4 Å². The number of aliphatic hydroxyl groups is 1. The highest BCUT2D eigenvalue weighted by Gasteiger charge is 2.28. The molecule has 30 heavy (non-hydrogen) atoms. The zero-order chi connectivity index (χ0) is 20.2. The number of carbonyl (C=O) groups is 1. The van der Waals surface area contributed by atoms with Crippen molar-refractivity contribution in [2.75, 3.05) is 25.0 Å². The molecule has 7 nitrogen and oxygen atoms in total. The Bertz CT molecular complexity index is 1060. The number of aryl methyl sites for hydroxylation is 1. The van der Waals surface area contributed by atoms with Crippen LogP contribution in [0.3, 0.4) is 0 Å². The van der Waals surface area contributed by atoms with Crippen LogP contribution < -0.4 is 15.4 Å². The third kappa shape index (κ3) is 4.42. The van der Waals surface area contributed by atoms with Gasteiger partial charge in [0.2, 0.25) is 0 Å². The van der Waals surface area contributed by atoms with E-state index >= 15 is 0 Å². The molecule has 2 aromatic heterocycles. The number of rotatable bonds is 7. The first-order chi connectivity index (χ1) is 14.2. The maximum atomic E-state index is 12.9. The molecule has 0 spiro atoms. The molecule has 0 radical (unpaired) electrons. The average molecular weight is 429 g/mol. The van der Waals surface area contributed by atoms with Crippen LogP contribution in [0.25, 0.3) is 11.2 Å². The molecule has 0 saturated heterocycles. The Labute approximate surface area is 181 Å². The lowest BCUT2D eigenvalue weighted by Gasteiger charge is -2.16. The largest absolute Gasteiger partial charge is 0.511 e. The van der Waals surface area contributed by atoms with Gasteiger partial charge in [-0.3, -0.25) is 4.79 Å². The number of carbonyl (C=O) groups excluding carboxylic acids is 1. The van der Waals surface area contributed by atoms with E-state index in [2.05, 4.69) is 15.6 Å². The van der Waals surface area contributed by atoms with Crippen LogP contribution >= 0.6 is 12.4 Å². The quantitative estimate of drug-likeness (QED) is 0.500. The average Bonchev–Trinajstić information content (AvgIpc) is 3.10. The molecule has 0 saturated carbocycles. The number of allylic oxidation sites excluding steroid dienone is 1. The Balaban J connectivity index is 0.00000256. The number of ether oxygens (including phenoxy) is 1. The number of anilines is 1. The van der Waals surface area contributed by atoms with Crippen molar-refractivity contribution in [3.63, 3.8) is 0 Å². The van der Waals surface area contributed by atoms with Crippen LogP contribution in [0.1, 0.15) is 24.7 Å². The molecule has 1 aliphatic rings. The molecule has 1 aliphatic carbocycles. The number of pyridine rings is 1. The standard InChI is InChI=1S/C22H24N4O3.ClH/c1-2-23-12-14-29-16-8-6-15(7-9-16)24-22(28)20-18(27)11-10-17-21(20)25-19-5-3-4-13-26(17)19;/h3-9,13,23,27H,2,10-12,14H2,1H3,(H,24,28);1H. The molecule has 0 bridgehead atoms. The number of aliphatic hydroxyl groups excluding tert-OH is 1. The lowest BCUT2D eigenvalue weighted by molar-refractivity contribution is -0.111. The number of fused-ring (bicyclic) bond motifs is 3. The van der Waals surface area contributed by atoms with E-state index in [0.717, 1.165) is 30.2 Å². The molecule has 1 amide bonds. The minimum atomic E-state index is -0.368. The van der Waals surface area contributed by atoms with Gasteiger partial charge in [-0.15, -0.1) is 12.4 Å². The van der Waals surface area contributed by atoms with Gasteiger partial charge in [0.25, 0.3) is 5.91 Å². The van der Waals surface area contributed by atoms with Crippen LogP contribution in [-0.2, 0) is 11.2 Å². The highest BCUT2D eigenvalue weighted by atomic mass is 35.5. The van der Waals surface area contributed by atoms with Crippen molar-refractivity contribution in [2.24, 2.45) is 0 Å². The highest BCUT2D eigenvalue weighted by molar-refractivity contribution is 6.26. The predicted octanol–water partition coefficient (Wildman–Crippen LogP) is 3.60. The third-order valence-corrected chi connectivity index (χ3v) is 4.89. The monoisotopic (exact) mass is 428 g/mol. The zero-order valence-corrected chi connectivity index (χ0v) is 17.5. The predicted molar refractivity (Wildman–Crippen MR) is 119 cm³/mol. The maximum absolute atomic E-state index is 12.9. The SMILES string of the molecule is CCNCCOc1ccc(NC(=O)C2=C(O)CCc3c2nc2ccccn32)cc1.Cl. The number of benzene rings is 1. The fourth-order valence-corrected chi connectivity index (χ4v) is 3.47. The second-order valence-corrected chi connectivity index (χ2v) is 6.84. The van der Waals surface area contributed by atoms with E-state index in [9.17, 15) is 9.90 Å². The second kappa shape index (κ2) is 9.65. The van der Waals surface area contributed by atoms with Crippen LogP contribution in [0.5, 0.6) is 5.75 Å². The van der Waals surface area contributed by atoms with Gasteiger partial charge in [0, 0.05) is 24.8 Å². The number of amides is 1. The molecule has 2 heterocycles. The van der Waals surface area contributed by atoms with E-state index in [1.807, 2.05) is 47.9 Å². The van der Waals surface area contributed by atoms with Gasteiger partial charge < -0.3 is 24.9 Å². The minimum absolute atomic E-state index is 0. The molecular weight excluding hydrogens is 404 g/mol. The van der Waals surface area contributed by atoms with Crippen LogP contribution in [0.15, 0.2) is 54.4 Å². The summed E-state index contributed by atoms with van der Waals surface area (Å²) in [5.41, 5.74) is 3.11. The summed E-state index contributed by atoms with van der Waals surface area (Å²) in [4.78, 5) is 17.5. The van der Waals surface area contributed by atoms with Crippen LogP contribution in [0, 0.1) is 0 Å². The number of nitrogens with one attached hydrogen (secondary N) is 2. The summed E-state index contributed by atoms with van der Waals surface area (Å²) >= 11 is 0. The Morgan fingerprint density at radius 2 is 2.00 bits per heavy atom. The van der Waals surface area contributed by atoms with Gasteiger partial charge in [0.05, 0.1) is 5.69 Å². The molecule has 3 N–H and O–H groups in total. The van der Waals surface area contributed by atoms with E-state index in [4.69, 9.17) is 4.74 Å². The van der Waals surface area contributed by atoms with Crippen molar-refractivity contribution in [3.8, 4) is 5.75 Å². The van der Waals surface area contributed by atoms with Crippen LogP contribution in [-0.4, -0.2) is 40.1 Å². The number of hydrogen-bond acceptors (Lipinski definition) is 5. The van der Waals surface area contributed by atoms with E-state index in [-0.39, 0.29) is 29.6 Å². The molecule has 0 aliphatic heterocycles. The lowest BCUT2D eigenvalue weighted by Crippen LogP contribution is -2.20. The first-order valence-corrected chi connectivity index (χ1v) is 9.80. The summed E-state index contributed by atoms with van der Waals surface area (Å²) in [5.74, 6) is 0.442. The highest BCUT2D eigenvalue weighted by Crippen LogP contribution is 2.31. The van der Waals surface area contributed by atoms with Crippen molar-refractivity contribution in [1.29, 1.82) is 0 Å². The van der Waals surface area contributed by atoms with Gasteiger partial charge in [-0.2, -0.15) is 0 Å². The number of hydrogen-bond donors (Lipinski definition) is 3. The number of nitrogens with zero attached hydrogens (tertiary/aromatic N) is 2. The summed E-state index contributed by atoms with van der Waals surface area (Å²) in [6.45, 7) is 4.32. The van der Waals surface area contributed by atoms with E-state index in [1.54, 1.807) is 12.1 Å². The van der Waals surface area contributed by atoms with Gasteiger partial charge in [-0.25, -0.2) is 4.98 Å². The van der Waals surface area contributed by atoms with Crippen molar-refractivity contribution in [2.45, 2.75) is 19.8 Å². The van der Waals surface area contributed by atoms with Gasteiger partial charge in [-0.1, -0.05) is 13.0 Å². The molecular formula is C22H25ClN4O3. The van der Waals surface area contributed by atoms with Crippen molar-refractivity contribution in [3.05, 3.63) is 65.8 Å². The summed E-state index contributed by atoms with van der Waals surface area (Å²) in [5, 5.41) is 16.5. The number of imidazole rings is 1. The van der Waals surface area contributed by atoms with Gasteiger partial charge in [0.15, 0.2) is 0 Å². The summed E-state index contributed by atoms with van der Waals surface area (Å²) < 4.78 is 7.61. The van der Waals surface area contributed by atoms with E-state index in [1.165, 1.54) is 0 Å². The van der Waals surface area contributed by atoms with Crippen molar-refractivity contribution in [1.82, 2.24) is 14.7 Å². The molecule has 158 valence electrons. The first kappa shape index (κ1) is 21.7. The maximum Gasteiger partial charge on any atom is 0.261 e. The fraction of sp³-hybridized carbons (Fsp3) is 0.273. The van der Waals surface area contributed by atoms with Gasteiger partial charge >= 0.3 is 0 Å². The number of likely N-dealkylation sites (N-methyl/N-ethyl adjacent to an activating group) is 1. The lowest BCUT2D eigenvalue weighted by atomic mass is 9.97. The Morgan fingerprint density at radius 3 is 2.77 bits per heavy atom. The zero-order valence-electron chi connectivity index (χ0n) is 16.7. The Kier molecular flexibility index (Phi) is 6.97.